The van der Waals surface area contributed by atoms with E-state index in [0.29, 0.717) is 10.8 Å². The summed E-state index contributed by atoms with van der Waals surface area (Å²) in [6.45, 7) is 6.12. The van der Waals surface area contributed by atoms with Gasteiger partial charge < -0.3 is 20.4 Å². The summed E-state index contributed by atoms with van der Waals surface area (Å²) in [7, 11) is 0. The molecule has 0 aliphatic heterocycles. The molecule has 28 heavy (non-hydrogen) atoms. The van der Waals surface area contributed by atoms with Crippen molar-refractivity contribution in [2.45, 2.75) is 26.2 Å². The van der Waals surface area contributed by atoms with E-state index >= 15 is 0 Å². The van der Waals surface area contributed by atoms with E-state index in [0.717, 1.165) is 18.4 Å². The Bertz CT molecular complexity index is 1030. The summed E-state index contributed by atoms with van der Waals surface area (Å²) in [6, 6.07) is 6.78. The first-order valence-electron chi connectivity index (χ1n) is 9.14. The number of nitrogens with one attached hydrogen (secondary N) is 1. The Hall–Kier alpha value is -3.34. The molecule has 0 unspecified atom stereocenters. The zero-order chi connectivity index (χ0) is 20.3. The van der Waals surface area contributed by atoms with Gasteiger partial charge in [-0.1, -0.05) is 43.0 Å². The predicted octanol–water partition coefficient (Wildman–Crippen LogP) is 4.82. The van der Waals surface area contributed by atoms with Crippen LogP contribution in [0.4, 0.5) is 0 Å². The van der Waals surface area contributed by atoms with Gasteiger partial charge in [-0.3, -0.25) is 4.79 Å². The standard InChI is InChI=1S/C23H23NO4/c1-3-4-5-8-14(2)13-28-20-12-19(25)21-17(11-18(20)24)22(26)15-9-6-7-10-16(15)23(21)27/h3-4,6-7,9-10,12,24,26-27H,2,5,8,11,13H2,1H3/b4-3-,24-18?. The number of ketones is 1. The number of hydrogen-bond acceptors (Lipinski definition) is 5. The lowest BCUT2D eigenvalue weighted by Gasteiger charge is -2.14. The topological polar surface area (TPSA) is 90.6 Å². The zero-order valence-corrected chi connectivity index (χ0v) is 15.8. The van der Waals surface area contributed by atoms with Gasteiger partial charge in [0.15, 0.2) is 5.78 Å². The molecule has 1 aliphatic carbocycles. The van der Waals surface area contributed by atoms with Crippen LogP contribution in [0.2, 0.25) is 0 Å². The van der Waals surface area contributed by atoms with E-state index in [4.69, 9.17) is 10.1 Å². The molecule has 0 saturated heterocycles. The summed E-state index contributed by atoms with van der Waals surface area (Å²) in [6.07, 6.45) is 6.81. The molecule has 3 rings (SSSR count). The predicted molar refractivity (Wildman–Crippen MR) is 110 cm³/mol. The number of ether oxygens (including phenoxy) is 1. The second-order valence-electron chi connectivity index (χ2n) is 6.77. The number of aromatic hydroxyl groups is 2. The fraction of sp³-hybridized carbons (Fsp3) is 0.217. The maximum atomic E-state index is 12.8. The summed E-state index contributed by atoms with van der Waals surface area (Å²) in [5.74, 6) is -0.636. The SMILES string of the molecule is C=C(CC/C=C\C)COC1=CC(=O)c2c(c(O)c3ccccc3c2O)CC1=N. The van der Waals surface area contributed by atoms with Crippen molar-refractivity contribution < 1.29 is 19.7 Å². The van der Waals surface area contributed by atoms with Crippen LogP contribution >= 0.6 is 0 Å². The van der Waals surface area contributed by atoms with E-state index in [1.54, 1.807) is 24.3 Å². The number of carbonyl (C=O) groups is 1. The molecule has 0 saturated carbocycles. The fourth-order valence-electron chi connectivity index (χ4n) is 3.27. The van der Waals surface area contributed by atoms with Gasteiger partial charge in [0.2, 0.25) is 0 Å². The van der Waals surface area contributed by atoms with Crippen molar-refractivity contribution >= 4 is 22.3 Å². The molecule has 2 aromatic rings. The van der Waals surface area contributed by atoms with Gasteiger partial charge in [-0.15, -0.1) is 0 Å². The lowest BCUT2D eigenvalue weighted by molar-refractivity contribution is 0.103. The van der Waals surface area contributed by atoms with Crippen LogP contribution in [0, 0.1) is 5.41 Å². The Morgan fingerprint density at radius 2 is 1.93 bits per heavy atom. The van der Waals surface area contributed by atoms with Gasteiger partial charge in [0.25, 0.3) is 0 Å². The molecule has 3 N–H and O–H groups in total. The van der Waals surface area contributed by atoms with Crippen molar-refractivity contribution in [3.8, 4) is 11.5 Å². The number of phenolic OH excluding ortho intramolecular Hbond substituents is 2. The first-order chi connectivity index (χ1) is 13.4. The molecule has 0 aromatic heterocycles. The van der Waals surface area contributed by atoms with Crippen LogP contribution in [0.3, 0.4) is 0 Å². The summed E-state index contributed by atoms with van der Waals surface area (Å²) >= 11 is 0. The maximum Gasteiger partial charge on any atom is 0.193 e. The maximum absolute atomic E-state index is 12.8. The molecule has 0 heterocycles. The molecule has 0 atom stereocenters. The van der Waals surface area contributed by atoms with Crippen molar-refractivity contribution in [1.82, 2.24) is 0 Å². The van der Waals surface area contributed by atoms with Crippen molar-refractivity contribution in [2.75, 3.05) is 6.61 Å². The smallest absolute Gasteiger partial charge is 0.193 e. The van der Waals surface area contributed by atoms with E-state index in [9.17, 15) is 15.0 Å². The molecule has 0 radical (unpaired) electrons. The second-order valence-corrected chi connectivity index (χ2v) is 6.77. The largest absolute Gasteiger partial charge is 0.507 e. The van der Waals surface area contributed by atoms with Crippen LogP contribution < -0.4 is 0 Å². The minimum atomic E-state index is -0.495. The summed E-state index contributed by atoms with van der Waals surface area (Å²) in [5, 5.41) is 30.5. The molecular weight excluding hydrogens is 354 g/mol. The van der Waals surface area contributed by atoms with Crippen LogP contribution in [0.5, 0.6) is 11.5 Å². The Kier molecular flexibility index (Phi) is 5.64. The Morgan fingerprint density at radius 1 is 1.25 bits per heavy atom. The number of carbonyl (C=O) groups excluding carboxylic acids is 1. The van der Waals surface area contributed by atoms with E-state index < -0.39 is 5.78 Å². The van der Waals surface area contributed by atoms with Gasteiger partial charge in [-0.05, 0) is 25.3 Å². The molecule has 2 aromatic carbocycles. The number of phenols is 2. The number of hydrogen-bond donors (Lipinski definition) is 3. The monoisotopic (exact) mass is 377 g/mol. The number of benzene rings is 2. The van der Waals surface area contributed by atoms with Crippen molar-refractivity contribution in [1.29, 1.82) is 5.41 Å². The molecule has 0 spiro atoms. The summed E-state index contributed by atoms with van der Waals surface area (Å²) in [4.78, 5) is 12.8. The normalized spacial score (nSPS) is 14.1. The minimum Gasteiger partial charge on any atom is -0.507 e. The van der Waals surface area contributed by atoms with Crippen LogP contribution in [-0.4, -0.2) is 28.3 Å². The molecule has 5 nitrogen and oxygen atoms in total. The Labute approximate surface area is 163 Å². The van der Waals surface area contributed by atoms with Crippen molar-refractivity contribution in [3.63, 3.8) is 0 Å². The van der Waals surface area contributed by atoms with Crippen molar-refractivity contribution in [2.24, 2.45) is 0 Å². The van der Waals surface area contributed by atoms with E-state index in [1.165, 1.54) is 6.08 Å². The molecule has 0 bridgehead atoms. The first kappa shape index (κ1) is 19.4. The van der Waals surface area contributed by atoms with E-state index in [-0.39, 0.29) is 47.1 Å². The zero-order valence-electron chi connectivity index (χ0n) is 15.8. The minimum absolute atomic E-state index is 0.0117. The quantitative estimate of drug-likeness (QED) is 0.497. The van der Waals surface area contributed by atoms with Crippen LogP contribution in [0.15, 0.2) is 60.4 Å². The lowest BCUT2D eigenvalue weighted by atomic mass is 9.94. The summed E-state index contributed by atoms with van der Waals surface area (Å²) < 4.78 is 5.68. The van der Waals surface area contributed by atoms with E-state index in [2.05, 4.69) is 6.58 Å². The van der Waals surface area contributed by atoms with Gasteiger partial charge >= 0.3 is 0 Å². The van der Waals surface area contributed by atoms with E-state index in [1.807, 2.05) is 19.1 Å². The second kappa shape index (κ2) is 8.13. The summed E-state index contributed by atoms with van der Waals surface area (Å²) in [5.41, 5.74) is 1.19. The molecule has 5 heteroatoms. The molecule has 0 fully saturated rings. The Morgan fingerprint density at radius 3 is 2.61 bits per heavy atom. The number of allylic oxidation sites excluding steroid dienone is 4. The Balaban J connectivity index is 1.90. The van der Waals surface area contributed by atoms with Gasteiger partial charge in [0.05, 0.1) is 11.3 Å². The third-order valence-electron chi connectivity index (χ3n) is 4.75. The van der Waals surface area contributed by atoms with Gasteiger partial charge in [-0.25, -0.2) is 0 Å². The van der Waals surface area contributed by atoms with Crippen LogP contribution in [-0.2, 0) is 11.2 Å². The third-order valence-corrected chi connectivity index (χ3v) is 4.75. The molecule has 1 aliphatic rings. The molecule has 144 valence electrons. The van der Waals surface area contributed by atoms with Crippen molar-refractivity contribution in [3.05, 3.63) is 71.5 Å². The van der Waals surface area contributed by atoms with Gasteiger partial charge in [-0.2, -0.15) is 0 Å². The highest BCUT2D eigenvalue weighted by Gasteiger charge is 2.28. The molecule has 0 amide bonds. The highest BCUT2D eigenvalue weighted by molar-refractivity contribution is 6.18. The van der Waals surface area contributed by atoms with Crippen LogP contribution in [0.25, 0.3) is 10.8 Å². The van der Waals surface area contributed by atoms with Crippen LogP contribution in [0.1, 0.15) is 35.7 Å². The lowest BCUT2D eigenvalue weighted by Crippen LogP contribution is -2.09. The molecular formula is C23H23NO4. The fourth-order valence-corrected chi connectivity index (χ4v) is 3.27. The van der Waals surface area contributed by atoms with Gasteiger partial charge in [0, 0.05) is 28.8 Å². The van der Waals surface area contributed by atoms with Gasteiger partial charge in [0.1, 0.15) is 23.9 Å². The number of fused-ring (bicyclic) bond motifs is 2. The average molecular weight is 377 g/mol. The average Bonchev–Trinajstić information content (AvgIpc) is 2.81. The highest BCUT2D eigenvalue weighted by atomic mass is 16.5. The first-order valence-corrected chi connectivity index (χ1v) is 9.14. The number of rotatable bonds is 6. The third kappa shape index (κ3) is 3.69. The highest BCUT2D eigenvalue weighted by Crippen LogP contribution is 2.41.